The van der Waals surface area contributed by atoms with Crippen LogP contribution in [0.15, 0.2) is 83.7 Å². The highest BCUT2D eigenvalue weighted by atomic mass is 16.1. The number of hydrogen-bond acceptors (Lipinski definition) is 4. The molecule has 0 unspecified atom stereocenters. The lowest BCUT2D eigenvalue weighted by atomic mass is 10.0. The molecule has 5 rings (SSSR count). The van der Waals surface area contributed by atoms with E-state index >= 15 is 0 Å². The molecule has 6 heteroatoms. The van der Waals surface area contributed by atoms with Crippen molar-refractivity contribution in [2.75, 3.05) is 13.1 Å². The van der Waals surface area contributed by atoms with Crippen molar-refractivity contribution < 1.29 is 4.79 Å². The van der Waals surface area contributed by atoms with Gasteiger partial charge in [-0.1, -0.05) is 54.6 Å². The van der Waals surface area contributed by atoms with Crippen molar-refractivity contribution in [2.45, 2.75) is 38.9 Å². The smallest absolute Gasteiger partial charge is 0.272 e. The first-order valence-corrected chi connectivity index (χ1v) is 12.2. The molecule has 0 atom stereocenters. The van der Waals surface area contributed by atoms with Crippen LogP contribution < -0.4 is 10.9 Å². The molecule has 1 aromatic heterocycles. The maximum Gasteiger partial charge on any atom is 0.272 e. The summed E-state index contributed by atoms with van der Waals surface area (Å²) >= 11 is 0. The Balaban J connectivity index is 1.19. The van der Waals surface area contributed by atoms with Crippen LogP contribution in [0.4, 0.5) is 0 Å². The Bertz CT molecular complexity index is 1370. The minimum Gasteiger partial charge on any atom is -0.349 e. The standard InChI is InChI=1S/C29H30N4O2/c1-21-29(35)33(27-10-6-5-9-26(27)30-21)20-23-11-13-24(14-12-23)28(34)31-25-15-17-32(18-16-25)19-22-7-3-2-4-8-22/h2-14,25H,15-20H2,1H3,(H,31,34). The van der Waals surface area contributed by atoms with Gasteiger partial charge < -0.3 is 9.88 Å². The second-order valence-electron chi connectivity index (χ2n) is 9.28. The third kappa shape index (κ3) is 5.33. The zero-order valence-corrected chi connectivity index (χ0v) is 20.0. The number of aromatic nitrogens is 2. The highest BCUT2D eigenvalue weighted by Gasteiger charge is 2.21. The van der Waals surface area contributed by atoms with Crippen LogP contribution in [0.1, 0.15) is 40.0 Å². The largest absolute Gasteiger partial charge is 0.349 e. The fraction of sp³-hybridized carbons (Fsp3) is 0.276. The average molecular weight is 467 g/mol. The molecule has 0 aliphatic carbocycles. The number of carbonyl (C=O) groups is 1. The molecule has 1 aliphatic rings. The van der Waals surface area contributed by atoms with Gasteiger partial charge in [0.05, 0.1) is 17.6 Å². The van der Waals surface area contributed by atoms with Crippen LogP contribution in [0.5, 0.6) is 0 Å². The summed E-state index contributed by atoms with van der Waals surface area (Å²) in [7, 11) is 0. The van der Waals surface area contributed by atoms with E-state index in [1.165, 1.54) is 5.56 Å². The molecule has 6 nitrogen and oxygen atoms in total. The summed E-state index contributed by atoms with van der Waals surface area (Å²) in [5.74, 6) is -0.0413. The maximum absolute atomic E-state index is 12.8. The van der Waals surface area contributed by atoms with Gasteiger partial charge in [0.1, 0.15) is 5.69 Å². The second-order valence-corrected chi connectivity index (χ2v) is 9.28. The predicted molar refractivity (Wildman–Crippen MR) is 138 cm³/mol. The van der Waals surface area contributed by atoms with Gasteiger partial charge in [-0.05, 0) is 55.2 Å². The first-order chi connectivity index (χ1) is 17.1. The average Bonchev–Trinajstić information content (AvgIpc) is 2.89. The van der Waals surface area contributed by atoms with E-state index in [1.54, 1.807) is 11.5 Å². The number of piperidine rings is 1. The number of rotatable bonds is 6. The molecule has 0 spiro atoms. The lowest BCUT2D eigenvalue weighted by Crippen LogP contribution is -2.44. The number of nitrogens with zero attached hydrogens (tertiary/aromatic N) is 3. The second kappa shape index (κ2) is 10.2. The first-order valence-electron chi connectivity index (χ1n) is 12.2. The molecule has 0 bridgehead atoms. The molecule has 1 fully saturated rings. The summed E-state index contributed by atoms with van der Waals surface area (Å²) in [6.07, 6.45) is 1.90. The Morgan fingerprint density at radius 3 is 2.29 bits per heavy atom. The molecule has 1 saturated heterocycles. The predicted octanol–water partition coefficient (Wildman–Crippen LogP) is 4.15. The number of aryl methyl sites for hydroxylation is 1. The van der Waals surface area contributed by atoms with Gasteiger partial charge in [0.15, 0.2) is 0 Å². The molecule has 3 aromatic carbocycles. The number of amides is 1. The van der Waals surface area contributed by atoms with Crippen molar-refractivity contribution in [1.29, 1.82) is 0 Å². The van der Waals surface area contributed by atoms with Crippen LogP contribution in [0.3, 0.4) is 0 Å². The molecular weight excluding hydrogens is 436 g/mol. The molecule has 35 heavy (non-hydrogen) atoms. The molecule has 1 aliphatic heterocycles. The van der Waals surface area contributed by atoms with Gasteiger partial charge in [-0.15, -0.1) is 0 Å². The van der Waals surface area contributed by atoms with E-state index in [0.29, 0.717) is 17.8 Å². The number of para-hydroxylation sites is 2. The molecule has 1 amide bonds. The lowest BCUT2D eigenvalue weighted by molar-refractivity contribution is 0.0909. The highest BCUT2D eigenvalue weighted by molar-refractivity contribution is 5.94. The minimum absolute atomic E-state index is 0.0413. The van der Waals surface area contributed by atoms with Gasteiger partial charge >= 0.3 is 0 Å². The van der Waals surface area contributed by atoms with Crippen LogP contribution in [-0.4, -0.2) is 39.5 Å². The van der Waals surface area contributed by atoms with Crippen molar-refractivity contribution in [3.05, 3.63) is 112 Å². The SMILES string of the molecule is Cc1nc2ccccc2n(Cc2ccc(C(=O)NC3CCN(Cc4ccccc4)CC3)cc2)c1=O. The summed E-state index contributed by atoms with van der Waals surface area (Å²) in [5.41, 5.74) is 4.93. The maximum atomic E-state index is 12.8. The van der Waals surface area contributed by atoms with Crippen LogP contribution in [0, 0.1) is 6.92 Å². The zero-order chi connectivity index (χ0) is 24.2. The number of hydrogen-bond donors (Lipinski definition) is 1. The Labute approximate surface area is 205 Å². The molecule has 2 heterocycles. The van der Waals surface area contributed by atoms with Gasteiger partial charge in [-0.25, -0.2) is 4.98 Å². The van der Waals surface area contributed by atoms with E-state index in [9.17, 15) is 9.59 Å². The van der Waals surface area contributed by atoms with Crippen LogP contribution in [-0.2, 0) is 13.1 Å². The van der Waals surface area contributed by atoms with Crippen molar-refractivity contribution in [3.8, 4) is 0 Å². The van der Waals surface area contributed by atoms with E-state index in [-0.39, 0.29) is 17.5 Å². The summed E-state index contributed by atoms with van der Waals surface area (Å²) in [6, 6.07) is 25.9. The third-order valence-electron chi connectivity index (χ3n) is 6.74. The molecule has 4 aromatic rings. The van der Waals surface area contributed by atoms with Crippen molar-refractivity contribution in [1.82, 2.24) is 19.8 Å². The first kappa shape index (κ1) is 23.0. The van der Waals surface area contributed by atoms with Crippen LogP contribution in [0.2, 0.25) is 0 Å². The highest BCUT2D eigenvalue weighted by Crippen LogP contribution is 2.16. The molecule has 178 valence electrons. The molecular formula is C29H30N4O2. The Kier molecular flexibility index (Phi) is 6.73. The number of likely N-dealkylation sites (tertiary alicyclic amines) is 1. The monoisotopic (exact) mass is 466 g/mol. The third-order valence-corrected chi connectivity index (χ3v) is 6.74. The fourth-order valence-electron chi connectivity index (χ4n) is 4.77. The van der Waals surface area contributed by atoms with Gasteiger partial charge in [0.2, 0.25) is 0 Å². The number of fused-ring (bicyclic) bond motifs is 1. The van der Waals surface area contributed by atoms with E-state index in [0.717, 1.165) is 49.1 Å². The van der Waals surface area contributed by atoms with Crippen LogP contribution in [0.25, 0.3) is 11.0 Å². The minimum atomic E-state index is -0.0934. The zero-order valence-electron chi connectivity index (χ0n) is 20.0. The van der Waals surface area contributed by atoms with Gasteiger partial charge in [0, 0.05) is 31.2 Å². The van der Waals surface area contributed by atoms with E-state index in [2.05, 4.69) is 39.5 Å². The van der Waals surface area contributed by atoms with E-state index < -0.39 is 0 Å². The summed E-state index contributed by atoms with van der Waals surface area (Å²) < 4.78 is 1.75. The van der Waals surface area contributed by atoms with Gasteiger partial charge in [-0.2, -0.15) is 0 Å². The van der Waals surface area contributed by atoms with Crippen molar-refractivity contribution in [2.24, 2.45) is 0 Å². The normalized spacial score (nSPS) is 14.8. The Hall–Kier alpha value is -3.77. The fourth-order valence-corrected chi connectivity index (χ4v) is 4.77. The topological polar surface area (TPSA) is 67.2 Å². The molecule has 0 radical (unpaired) electrons. The van der Waals surface area contributed by atoms with Gasteiger partial charge in [-0.3, -0.25) is 14.5 Å². The van der Waals surface area contributed by atoms with E-state index in [1.807, 2.05) is 54.6 Å². The Morgan fingerprint density at radius 2 is 1.54 bits per heavy atom. The quantitative estimate of drug-likeness (QED) is 0.464. The van der Waals surface area contributed by atoms with Crippen molar-refractivity contribution in [3.63, 3.8) is 0 Å². The molecule has 0 saturated carbocycles. The number of benzene rings is 3. The van der Waals surface area contributed by atoms with Crippen molar-refractivity contribution >= 4 is 16.9 Å². The Morgan fingerprint density at radius 1 is 0.886 bits per heavy atom. The lowest BCUT2D eigenvalue weighted by Gasteiger charge is -2.32. The summed E-state index contributed by atoms with van der Waals surface area (Å²) in [5, 5.41) is 3.20. The summed E-state index contributed by atoms with van der Waals surface area (Å²) in [4.78, 5) is 32.4. The number of nitrogens with one attached hydrogen (secondary N) is 1. The summed E-state index contributed by atoms with van der Waals surface area (Å²) in [6.45, 7) is 5.09. The number of carbonyl (C=O) groups excluding carboxylic acids is 1. The molecule has 1 N–H and O–H groups in total. The van der Waals surface area contributed by atoms with Gasteiger partial charge in [0.25, 0.3) is 11.5 Å². The van der Waals surface area contributed by atoms with Crippen LogP contribution >= 0.6 is 0 Å². The van der Waals surface area contributed by atoms with E-state index in [4.69, 9.17) is 0 Å².